The molecular formula is C12H23N3OS. The lowest BCUT2D eigenvalue weighted by molar-refractivity contribution is 0.156. The van der Waals surface area contributed by atoms with Gasteiger partial charge in [0.25, 0.3) is 0 Å². The van der Waals surface area contributed by atoms with Crippen LogP contribution in [0.4, 0.5) is 0 Å². The van der Waals surface area contributed by atoms with Crippen molar-refractivity contribution in [2.24, 2.45) is 10.4 Å². The number of aliphatic imine (C=N–C) groups is 1. The first-order valence-corrected chi connectivity index (χ1v) is 7.71. The van der Waals surface area contributed by atoms with Crippen molar-refractivity contribution in [1.29, 1.82) is 0 Å². The molecule has 0 saturated carbocycles. The van der Waals surface area contributed by atoms with Crippen molar-refractivity contribution in [2.45, 2.75) is 12.8 Å². The summed E-state index contributed by atoms with van der Waals surface area (Å²) in [6.45, 7) is 5.08. The normalized spacial score (nSPS) is 29.3. The monoisotopic (exact) mass is 257 g/mol. The zero-order valence-corrected chi connectivity index (χ0v) is 11.7. The molecule has 0 aromatic carbocycles. The summed E-state index contributed by atoms with van der Waals surface area (Å²) in [5.41, 5.74) is 0.414. The number of nitrogens with zero attached hydrogens (tertiary/aromatic N) is 2. The molecule has 0 radical (unpaired) electrons. The van der Waals surface area contributed by atoms with Gasteiger partial charge >= 0.3 is 0 Å². The van der Waals surface area contributed by atoms with E-state index in [0.29, 0.717) is 5.41 Å². The van der Waals surface area contributed by atoms with Gasteiger partial charge in [0.1, 0.15) is 0 Å². The maximum atomic E-state index is 5.55. The van der Waals surface area contributed by atoms with E-state index in [9.17, 15) is 0 Å². The van der Waals surface area contributed by atoms with Crippen molar-refractivity contribution in [3.63, 3.8) is 0 Å². The second kappa shape index (κ2) is 5.96. The highest BCUT2D eigenvalue weighted by atomic mass is 32.2. The molecular weight excluding hydrogens is 234 g/mol. The summed E-state index contributed by atoms with van der Waals surface area (Å²) in [5.74, 6) is 2.18. The van der Waals surface area contributed by atoms with Crippen molar-refractivity contribution < 1.29 is 4.74 Å². The van der Waals surface area contributed by atoms with E-state index in [1.807, 2.05) is 18.8 Å². The van der Waals surface area contributed by atoms with E-state index in [1.54, 1.807) is 0 Å². The first-order valence-electron chi connectivity index (χ1n) is 6.32. The third kappa shape index (κ3) is 3.07. The lowest BCUT2D eigenvalue weighted by atomic mass is 9.87. The minimum atomic E-state index is 0.414. The number of rotatable bonds is 3. The molecule has 4 nitrogen and oxygen atoms in total. The predicted molar refractivity (Wildman–Crippen MR) is 73.8 cm³/mol. The Morgan fingerprint density at radius 1 is 1.53 bits per heavy atom. The molecule has 0 amide bonds. The highest BCUT2D eigenvalue weighted by molar-refractivity contribution is 7.98. The van der Waals surface area contributed by atoms with Gasteiger partial charge in [-0.3, -0.25) is 4.99 Å². The van der Waals surface area contributed by atoms with Crippen LogP contribution in [0.2, 0.25) is 0 Å². The number of hydrogen-bond donors (Lipinski definition) is 1. The van der Waals surface area contributed by atoms with Gasteiger partial charge in [-0.25, -0.2) is 0 Å². The molecule has 2 rings (SSSR count). The van der Waals surface area contributed by atoms with Crippen LogP contribution in [0, 0.1) is 5.41 Å². The van der Waals surface area contributed by atoms with Gasteiger partial charge in [0, 0.05) is 44.5 Å². The molecule has 1 atom stereocenters. The molecule has 2 aliphatic rings. The van der Waals surface area contributed by atoms with Gasteiger partial charge in [0.2, 0.25) is 0 Å². The van der Waals surface area contributed by atoms with E-state index in [0.717, 1.165) is 44.6 Å². The first-order chi connectivity index (χ1) is 8.29. The molecule has 17 heavy (non-hydrogen) atoms. The van der Waals surface area contributed by atoms with Gasteiger partial charge in [0.15, 0.2) is 5.96 Å². The fourth-order valence-electron chi connectivity index (χ4n) is 2.68. The van der Waals surface area contributed by atoms with Crippen LogP contribution >= 0.6 is 11.8 Å². The van der Waals surface area contributed by atoms with Crippen LogP contribution < -0.4 is 5.32 Å². The third-order valence-electron chi connectivity index (χ3n) is 3.72. The van der Waals surface area contributed by atoms with E-state index < -0.39 is 0 Å². The van der Waals surface area contributed by atoms with Gasteiger partial charge in [-0.15, -0.1) is 0 Å². The largest absolute Gasteiger partial charge is 0.381 e. The summed E-state index contributed by atoms with van der Waals surface area (Å²) in [6, 6.07) is 0. The number of nitrogens with one attached hydrogen (secondary N) is 1. The Morgan fingerprint density at radius 2 is 2.41 bits per heavy atom. The van der Waals surface area contributed by atoms with Gasteiger partial charge in [-0.1, -0.05) is 0 Å². The molecule has 0 aromatic rings. The Balaban J connectivity index is 1.85. The fraction of sp³-hybridized carbons (Fsp3) is 0.917. The second-order valence-corrected chi connectivity index (χ2v) is 5.93. The van der Waals surface area contributed by atoms with Crippen molar-refractivity contribution in [3.8, 4) is 0 Å². The van der Waals surface area contributed by atoms with Crippen LogP contribution in [0.1, 0.15) is 12.8 Å². The number of thioether (sulfide) groups is 1. The van der Waals surface area contributed by atoms with Crippen molar-refractivity contribution in [3.05, 3.63) is 0 Å². The molecule has 1 unspecified atom stereocenters. The molecule has 1 N–H and O–H groups in total. The maximum absolute atomic E-state index is 5.55. The van der Waals surface area contributed by atoms with Crippen LogP contribution in [-0.2, 0) is 4.74 Å². The molecule has 2 heterocycles. The van der Waals surface area contributed by atoms with Crippen LogP contribution in [0.5, 0.6) is 0 Å². The lowest BCUT2D eigenvalue weighted by Gasteiger charge is -2.24. The fourth-order valence-corrected chi connectivity index (χ4v) is 2.99. The topological polar surface area (TPSA) is 36.9 Å². The summed E-state index contributed by atoms with van der Waals surface area (Å²) < 4.78 is 5.55. The Hall–Kier alpha value is -0.420. The highest BCUT2D eigenvalue weighted by Gasteiger charge is 2.42. The summed E-state index contributed by atoms with van der Waals surface area (Å²) in [5, 5.41) is 3.43. The maximum Gasteiger partial charge on any atom is 0.193 e. The van der Waals surface area contributed by atoms with E-state index in [4.69, 9.17) is 4.74 Å². The first kappa shape index (κ1) is 13.0. The molecule has 1 spiro atoms. The van der Waals surface area contributed by atoms with Crippen molar-refractivity contribution in [1.82, 2.24) is 10.2 Å². The molecule has 0 aliphatic carbocycles. The molecule has 2 fully saturated rings. The molecule has 0 aromatic heterocycles. The molecule has 0 bridgehead atoms. The molecule has 5 heteroatoms. The average molecular weight is 257 g/mol. The van der Waals surface area contributed by atoms with Gasteiger partial charge in [-0.2, -0.15) is 11.8 Å². The minimum Gasteiger partial charge on any atom is -0.381 e. The Bertz CT molecular complexity index is 277. The molecule has 2 aliphatic heterocycles. The summed E-state index contributed by atoms with van der Waals surface area (Å²) in [4.78, 5) is 6.76. The molecule has 98 valence electrons. The minimum absolute atomic E-state index is 0.414. The Kier molecular flexibility index (Phi) is 4.56. The summed E-state index contributed by atoms with van der Waals surface area (Å²) in [6.07, 6.45) is 4.59. The Labute approximate surface area is 108 Å². The smallest absolute Gasteiger partial charge is 0.193 e. The highest BCUT2D eigenvalue weighted by Crippen LogP contribution is 2.37. The van der Waals surface area contributed by atoms with Crippen LogP contribution in [0.25, 0.3) is 0 Å². The van der Waals surface area contributed by atoms with Gasteiger partial charge in [0.05, 0.1) is 6.61 Å². The van der Waals surface area contributed by atoms with Crippen LogP contribution in [0.3, 0.4) is 0 Å². The quantitative estimate of drug-likeness (QED) is 0.466. The Morgan fingerprint density at radius 3 is 3.06 bits per heavy atom. The number of likely N-dealkylation sites (tertiary alicyclic amines) is 1. The number of ether oxygens (including phenoxy) is 1. The second-order valence-electron chi connectivity index (χ2n) is 4.94. The molecule has 2 saturated heterocycles. The third-order valence-corrected chi connectivity index (χ3v) is 4.34. The van der Waals surface area contributed by atoms with Crippen molar-refractivity contribution >= 4 is 17.7 Å². The van der Waals surface area contributed by atoms with Gasteiger partial charge in [-0.05, 0) is 19.1 Å². The van der Waals surface area contributed by atoms with E-state index in [-0.39, 0.29) is 0 Å². The zero-order chi connectivity index (χ0) is 12.1. The summed E-state index contributed by atoms with van der Waals surface area (Å²) >= 11 is 1.86. The summed E-state index contributed by atoms with van der Waals surface area (Å²) in [7, 11) is 1.87. The van der Waals surface area contributed by atoms with Crippen LogP contribution in [0.15, 0.2) is 4.99 Å². The van der Waals surface area contributed by atoms with E-state index in [1.165, 1.54) is 12.8 Å². The lowest BCUT2D eigenvalue weighted by Crippen LogP contribution is -2.42. The van der Waals surface area contributed by atoms with Crippen LogP contribution in [-0.4, -0.2) is 62.8 Å². The predicted octanol–water partition coefficient (Wildman–Crippen LogP) is 1.04. The average Bonchev–Trinajstić information content (AvgIpc) is 2.96. The standard InChI is InChI=1S/C12H23N3OS/c1-13-11(14-5-8-17-2)15-6-3-12(9-15)4-7-16-10-12/h3-10H2,1-2H3,(H,13,14). The number of guanidine groups is 1. The SMILES string of the molecule is CN=C(NCCSC)N1CCC2(CCOC2)C1. The van der Waals surface area contributed by atoms with E-state index >= 15 is 0 Å². The van der Waals surface area contributed by atoms with Gasteiger partial charge < -0.3 is 15.0 Å². The number of hydrogen-bond acceptors (Lipinski definition) is 3. The van der Waals surface area contributed by atoms with E-state index in [2.05, 4.69) is 21.5 Å². The van der Waals surface area contributed by atoms with Crippen molar-refractivity contribution in [2.75, 3.05) is 51.9 Å². The zero-order valence-electron chi connectivity index (χ0n) is 10.9.